The van der Waals surface area contributed by atoms with Gasteiger partial charge in [-0.1, -0.05) is 18.1 Å². The van der Waals surface area contributed by atoms with Crippen LogP contribution >= 0.6 is 22.6 Å². The Kier molecular flexibility index (Phi) is 2.38. The SMILES string of the molecule is Ic1ccc2nnn(CCC3CC3)c2c1. The fourth-order valence-corrected chi connectivity index (χ4v) is 2.29. The normalized spacial score (nSPS) is 16.1. The number of aryl methyl sites for hydroxylation is 1. The number of aromatic nitrogens is 3. The highest BCUT2D eigenvalue weighted by atomic mass is 127. The molecular formula is C11H12IN3. The number of rotatable bonds is 3. The van der Waals surface area contributed by atoms with Gasteiger partial charge >= 0.3 is 0 Å². The van der Waals surface area contributed by atoms with E-state index in [0.717, 1.165) is 18.0 Å². The second-order valence-electron chi connectivity index (χ2n) is 4.18. The van der Waals surface area contributed by atoms with E-state index in [9.17, 15) is 0 Å². The monoisotopic (exact) mass is 313 g/mol. The first-order chi connectivity index (χ1) is 7.33. The Hall–Kier alpha value is -0.650. The predicted molar refractivity (Wildman–Crippen MR) is 67.6 cm³/mol. The van der Waals surface area contributed by atoms with Crippen molar-refractivity contribution >= 4 is 33.6 Å². The quantitative estimate of drug-likeness (QED) is 0.816. The summed E-state index contributed by atoms with van der Waals surface area (Å²) in [5.41, 5.74) is 2.17. The Balaban J connectivity index is 1.91. The molecule has 2 aromatic rings. The summed E-state index contributed by atoms with van der Waals surface area (Å²) in [4.78, 5) is 0. The molecule has 3 rings (SSSR count). The zero-order chi connectivity index (χ0) is 10.3. The predicted octanol–water partition coefficient (Wildman–Crippen LogP) is 2.84. The number of hydrogen-bond donors (Lipinski definition) is 0. The molecule has 15 heavy (non-hydrogen) atoms. The Bertz CT molecular complexity index is 488. The van der Waals surface area contributed by atoms with Crippen molar-refractivity contribution in [1.82, 2.24) is 15.0 Å². The maximum Gasteiger partial charge on any atom is 0.113 e. The van der Waals surface area contributed by atoms with Gasteiger partial charge in [0.15, 0.2) is 0 Å². The van der Waals surface area contributed by atoms with Gasteiger partial charge in [0.05, 0.1) is 5.52 Å². The van der Waals surface area contributed by atoms with E-state index >= 15 is 0 Å². The lowest BCUT2D eigenvalue weighted by molar-refractivity contribution is 0.544. The largest absolute Gasteiger partial charge is 0.245 e. The lowest BCUT2D eigenvalue weighted by Crippen LogP contribution is -2.01. The third-order valence-electron chi connectivity index (χ3n) is 2.92. The van der Waals surface area contributed by atoms with Gasteiger partial charge in [0.25, 0.3) is 0 Å². The van der Waals surface area contributed by atoms with E-state index in [2.05, 4.69) is 45.0 Å². The molecule has 0 radical (unpaired) electrons. The molecule has 1 aromatic carbocycles. The van der Waals surface area contributed by atoms with Crippen molar-refractivity contribution in [2.24, 2.45) is 5.92 Å². The van der Waals surface area contributed by atoms with Crippen molar-refractivity contribution in [2.75, 3.05) is 0 Å². The summed E-state index contributed by atoms with van der Waals surface area (Å²) in [5, 5.41) is 8.37. The Morgan fingerprint density at radius 1 is 1.40 bits per heavy atom. The van der Waals surface area contributed by atoms with Crippen molar-refractivity contribution in [3.63, 3.8) is 0 Å². The minimum Gasteiger partial charge on any atom is -0.245 e. The Labute approximate surface area is 102 Å². The Morgan fingerprint density at radius 3 is 3.07 bits per heavy atom. The summed E-state index contributed by atoms with van der Waals surface area (Å²) in [7, 11) is 0. The third kappa shape index (κ3) is 2.00. The highest BCUT2D eigenvalue weighted by Crippen LogP contribution is 2.32. The third-order valence-corrected chi connectivity index (χ3v) is 3.59. The molecule has 1 heterocycles. The van der Waals surface area contributed by atoms with E-state index in [1.165, 1.54) is 28.3 Å². The summed E-state index contributed by atoms with van der Waals surface area (Å²) in [5.74, 6) is 0.951. The Morgan fingerprint density at radius 2 is 2.27 bits per heavy atom. The fraction of sp³-hybridized carbons (Fsp3) is 0.455. The van der Waals surface area contributed by atoms with E-state index in [0.29, 0.717) is 0 Å². The van der Waals surface area contributed by atoms with Crippen LogP contribution in [0.5, 0.6) is 0 Å². The van der Waals surface area contributed by atoms with Crippen molar-refractivity contribution in [2.45, 2.75) is 25.8 Å². The first-order valence-corrected chi connectivity index (χ1v) is 6.39. The van der Waals surface area contributed by atoms with E-state index < -0.39 is 0 Å². The minimum atomic E-state index is 0.951. The van der Waals surface area contributed by atoms with Crippen LogP contribution in [-0.2, 0) is 6.54 Å². The molecule has 0 unspecified atom stereocenters. The summed E-state index contributed by atoms with van der Waals surface area (Å²) in [6.45, 7) is 1.02. The standard InChI is InChI=1S/C11H12IN3/c12-9-3-4-10-11(7-9)15(14-13-10)6-5-8-1-2-8/h3-4,7-8H,1-2,5-6H2. The van der Waals surface area contributed by atoms with Crippen LogP contribution in [0.1, 0.15) is 19.3 Å². The molecule has 0 amide bonds. The van der Waals surface area contributed by atoms with Crippen molar-refractivity contribution in [1.29, 1.82) is 0 Å². The van der Waals surface area contributed by atoms with Crippen molar-refractivity contribution in [3.8, 4) is 0 Å². The summed E-state index contributed by atoms with van der Waals surface area (Å²) < 4.78 is 3.28. The molecule has 0 N–H and O–H groups in total. The smallest absolute Gasteiger partial charge is 0.113 e. The topological polar surface area (TPSA) is 30.7 Å². The summed E-state index contributed by atoms with van der Waals surface area (Å²) in [6, 6.07) is 6.27. The lowest BCUT2D eigenvalue weighted by Gasteiger charge is -2.00. The van der Waals surface area contributed by atoms with E-state index in [1.54, 1.807) is 0 Å². The molecule has 1 saturated carbocycles. The number of halogens is 1. The van der Waals surface area contributed by atoms with Crippen LogP contribution < -0.4 is 0 Å². The zero-order valence-corrected chi connectivity index (χ0v) is 10.5. The molecule has 0 spiro atoms. The van der Waals surface area contributed by atoms with Gasteiger partial charge in [0.2, 0.25) is 0 Å². The molecular weight excluding hydrogens is 301 g/mol. The molecule has 4 heteroatoms. The van der Waals surface area contributed by atoms with E-state index in [4.69, 9.17) is 0 Å². The van der Waals surface area contributed by atoms with Gasteiger partial charge in [-0.15, -0.1) is 5.10 Å². The highest BCUT2D eigenvalue weighted by Gasteiger charge is 2.21. The van der Waals surface area contributed by atoms with Gasteiger partial charge in [-0.2, -0.15) is 0 Å². The number of benzene rings is 1. The van der Waals surface area contributed by atoms with Crippen LogP contribution in [0.4, 0.5) is 0 Å². The fourth-order valence-electron chi connectivity index (χ4n) is 1.81. The molecule has 78 valence electrons. The maximum absolute atomic E-state index is 4.20. The van der Waals surface area contributed by atoms with Gasteiger partial charge < -0.3 is 0 Å². The first kappa shape index (κ1) is 9.57. The van der Waals surface area contributed by atoms with E-state index in [-0.39, 0.29) is 0 Å². The van der Waals surface area contributed by atoms with Crippen LogP contribution in [-0.4, -0.2) is 15.0 Å². The molecule has 0 aliphatic heterocycles. The van der Waals surface area contributed by atoms with Crippen LogP contribution in [0.3, 0.4) is 0 Å². The summed E-state index contributed by atoms with van der Waals surface area (Å²) >= 11 is 2.33. The molecule has 0 bridgehead atoms. The molecule has 1 fully saturated rings. The second kappa shape index (κ2) is 3.73. The summed E-state index contributed by atoms with van der Waals surface area (Å²) in [6.07, 6.45) is 4.07. The average molecular weight is 313 g/mol. The molecule has 0 atom stereocenters. The first-order valence-electron chi connectivity index (χ1n) is 5.32. The molecule has 1 aliphatic rings. The number of fused-ring (bicyclic) bond motifs is 1. The average Bonchev–Trinajstić information content (AvgIpc) is 2.97. The second-order valence-corrected chi connectivity index (χ2v) is 5.42. The molecule has 1 aliphatic carbocycles. The lowest BCUT2D eigenvalue weighted by atomic mass is 10.3. The van der Waals surface area contributed by atoms with Gasteiger partial charge in [-0.05, 0) is 53.1 Å². The minimum absolute atomic E-state index is 0.951. The van der Waals surface area contributed by atoms with Gasteiger partial charge in [-0.3, -0.25) is 0 Å². The van der Waals surface area contributed by atoms with Crippen LogP contribution in [0.15, 0.2) is 18.2 Å². The van der Waals surface area contributed by atoms with Crippen LogP contribution in [0, 0.1) is 9.49 Å². The molecule has 1 aromatic heterocycles. The van der Waals surface area contributed by atoms with Crippen molar-refractivity contribution in [3.05, 3.63) is 21.8 Å². The van der Waals surface area contributed by atoms with Crippen LogP contribution in [0.25, 0.3) is 11.0 Å². The zero-order valence-electron chi connectivity index (χ0n) is 8.36. The molecule has 0 saturated heterocycles. The van der Waals surface area contributed by atoms with Gasteiger partial charge in [0.1, 0.15) is 5.52 Å². The highest BCUT2D eigenvalue weighted by molar-refractivity contribution is 14.1. The number of nitrogens with zero attached hydrogens (tertiary/aromatic N) is 3. The van der Waals surface area contributed by atoms with E-state index in [1.807, 2.05) is 10.7 Å². The maximum atomic E-state index is 4.20. The van der Waals surface area contributed by atoms with Gasteiger partial charge in [0, 0.05) is 10.1 Å². The molecule has 3 nitrogen and oxygen atoms in total. The van der Waals surface area contributed by atoms with Gasteiger partial charge in [-0.25, -0.2) is 4.68 Å². The number of hydrogen-bond acceptors (Lipinski definition) is 2. The van der Waals surface area contributed by atoms with Crippen molar-refractivity contribution < 1.29 is 0 Å². The van der Waals surface area contributed by atoms with Crippen LogP contribution in [0.2, 0.25) is 0 Å².